The van der Waals surface area contributed by atoms with Crippen LogP contribution >= 0.6 is 0 Å². The Hall–Kier alpha value is -2.62. The van der Waals surface area contributed by atoms with Gasteiger partial charge in [-0.1, -0.05) is 48.0 Å². The van der Waals surface area contributed by atoms with Crippen LogP contribution in [0.2, 0.25) is 0 Å². The minimum atomic E-state index is -0.950. The number of benzene rings is 2. The van der Waals surface area contributed by atoms with E-state index in [0.29, 0.717) is 11.1 Å². The summed E-state index contributed by atoms with van der Waals surface area (Å²) in [4.78, 5) is 26.6. The second-order valence-electron chi connectivity index (χ2n) is 6.20. The first-order valence-corrected chi connectivity index (χ1v) is 7.86. The molecule has 0 bridgehead atoms. The van der Waals surface area contributed by atoms with Crippen molar-refractivity contribution in [1.29, 1.82) is 0 Å². The lowest BCUT2D eigenvalue weighted by molar-refractivity contribution is -0.138. The van der Waals surface area contributed by atoms with E-state index < -0.39 is 12.1 Å². The molecule has 1 unspecified atom stereocenters. The van der Waals surface area contributed by atoms with Crippen LogP contribution < -0.4 is 0 Å². The highest BCUT2D eigenvalue weighted by Crippen LogP contribution is 2.24. The summed E-state index contributed by atoms with van der Waals surface area (Å²) in [5, 5.41) is 0. The van der Waals surface area contributed by atoms with Gasteiger partial charge in [0.25, 0.3) is 5.91 Å². The fourth-order valence-electron chi connectivity index (χ4n) is 2.79. The third kappa shape index (κ3) is 3.82. The van der Waals surface area contributed by atoms with Crippen molar-refractivity contribution in [2.75, 3.05) is 14.1 Å². The molecule has 0 heterocycles. The molecule has 1 atom stereocenters. The monoisotopic (exact) mass is 325 g/mol. The number of amides is 1. The maximum absolute atomic E-state index is 12.7. The van der Waals surface area contributed by atoms with E-state index in [2.05, 4.69) is 0 Å². The zero-order chi connectivity index (χ0) is 17.9. The number of hydrogen-bond acceptors (Lipinski definition) is 3. The number of ether oxygens (including phenoxy) is 1. The van der Waals surface area contributed by atoms with Crippen LogP contribution in [0.15, 0.2) is 42.5 Å². The zero-order valence-corrected chi connectivity index (χ0v) is 14.8. The summed E-state index contributed by atoms with van der Waals surface area (Å²) in [6.45, 7) is 5.74. The van der Waals surface area contributed by atoms with Gasteiger partial charge in [-0.15, -0.1) is 0 Å². The van der Waals surface area contributed by atoms with Gasteiger partial charge in [-0.2, -0.15) is 0 Å². The molecule has 0 spiro atoms. The number of nitrogens with zero attached hydrogens (tertiary/aromatic N) is 1. The van der Waals surface area contributed by atoms with Gasteiger partial charge in [-0.25, -0.2) is 4.79 Å². The number of hydrogen-bond donors (Lipinski definition) is 0. The van der Waals surface area contributed by atoms with Crippen LogP contribution in [0.5, 0.6) is 0 Å². The average molecular weight is 325 g/mol. The molecule has 2 aromatic carbocycles. The molecule has 0 N–H and O–H groups in total. The topological polar surface area (TPSA) is 46.6 Å². The molecule has 24 heavy (non-hydrogen) atoms. The Kier molecular flexibility index (Phi) is 5.39. The highest BCUT2D eigenvalue weighted by Gasteiger charge is 2.28. The summed E-state index contributed by atoms with van der Waals surface area (Å²) < 4.78 is 5.62. The predicted octanol–water partition coefficient (Wildman–Crippen LogP) is 3.60. The molecule has 0 radical (unpaired) electrons. The first-order chi connectivity index (χ1) is 11.3. The molecule has 0 aliphatic heterocycles. The van der Waals surface area contributed by atoms with Gasteiger partial charge >= 0.3 is 5.97 Å². The second kappa shape index (κ2) is 7.30. The Morgan fingerprint density at radius 2 is 1.50 bits per heavy atom. The van der Waals surface area contributed by atoms with Gasteiger partial charge in [0.05, 0.1) is 5.56 Å². The molecule has 0 aliphatic carbocycles. The molecular formula is C20H23NO3. The van der Waals surface area contributed by atoms with Crippen LogP contribution in [-0.2, 0) is 9.53 Å². The maximum Gasteiger partial charge on any atom is 0.339 e. The number of carbonyl (C=O) groups is 2. The summed E-state index contributed by atoms with van der Waals surface area (Å²) in [6.07, 6.45) is -0.950. The van der Waals surface area contributed by atoms with Crippen LogP contribution in [-0.4, -0.2) is 30.9 Å². The lowest BCUT2D eigenvalue weighted by atomic mass is 10.00. The Morgan fingerprint density at radius 1 is 0.958 bits per heavy atom. The van der Waals surface area contributed by atoms with Crippen molar-refractivity contribution in [3.63, 3.8) is 0 Å². The standard InChI is InChI=1S/C20H23NO3/c1-13-11-14(2)17(15(3)12-13)20(23)24-18(19(22)21(4)5)16-9-7-6-8-10-16/h6-12,18H,1-5H3. The van der Waals surface area contributed by atoms with Crippen molar-refractivity contribution in [2.45, 2.75) is 26.9 Å². The van der Waals surface area contributed by atoms with Crippen molar-refractivity contribution >= 4 is 11.9 Å². The Morgan fingerprint density at radius 3 is 2.00 bits per heavy atom. The van der Waals surface area contributed by atoms with Crippen molar-refractivity contribution in [1.82, 2.24) is 4.90 Å². The van der Waals surface area contributed by atoms with Gasteiger partial charge in [0, 0.05) is 19.7 Å². The van der Waals surface area contributed by atoms with E-state index in [-0.39, 0.29) is 5.91 Å². The molecular weight excluding hydrogens is 302 g/mol. The summed E-state index contributed by atoms with van der Waals surface area (Å²) >= 11 is 0. The normalized spacial score (nSPS) is 11.7. The van der Waals surface area contributed by atoms with Gasteiger partial charge < -0.3 is 9.64 Å². The molecule has 4 nitrogen and oxygen atoms in total. The molecule has 0 saturated heterocycles. The third-order valence-electron chi connectivity index (χ3n) is 3.87. The molecule has 4 heteroatoms. The number of carbonyl (C=O) groups excluding carboxylic acids is 2. The lowest BCUT2D eigenvalue weighted by Gasteiger charge is -2.22. The van der Waals surface area contributed by atoms with Crippen molar-refractivity contribution < 1.29 is 14.3 Å². The fourth-order valence-corrected chi connectivity index (χ4v) is 2.79. The maximum atomic E-state index is 12.7. The van der Waals surface area contributed by atoms with E-state index in [1.54, 1.807) is 26.2 Å². The predicted molar refractivity (Wildman–Crippen MR) is 93.9 cm³/mol. The van der Waals surface area contributed by atoms with E-state index >= 15 is 0 Å². The van der Waals surface area contributed by atoms with E-state index in [9.17, 15) is 9.59 Å². The van der Waals surface area contributed by atoms with Gasteiger partial charge in [0.1, 0.15) is 0 Å². The molecule has 2 aromatic rings. The van der Waals surface area contributed by atoms with E-state index in [0.717, 1.165) is 16.7 Å². The molecule has 0 aliphatic rings. The largest absolute Gasteiger partial charge is 0.444 e. The Bertz CT molecular complexity index is 728. The summed E-state index contributed by atoms with van der Waals surface area (Å²) in [5.74, 6) is -0.744. The van der Waals surface area contributed by atoms with Crippen molar-refractivity contribution in [3.05, 3.63) is 70.3 Å². The SMILES string of the molecule is Cc1cc(C)c(C(=O)OC(C(=O)N(C)C)c2ccccc2)c(C)c1. The Balaban J connectivity index is 2.37. The molecule has 1 amide bonds. The number of esters is 1. The minimum Gasteiger partial charge on any atom is -0.444 e. The summed E-state index contributed by atoms with van der Waals surface area (Å²) in [7, 11) is 3.29. The smallest absolute Gasteiger partial charge is 0.339 e. The summed E-state index contributed by atoms with van der Waals surface area (Å²) in [6, 6.07) is 13.0. The molecule has 0 fully saturated rings. The van der Waals surface area contributed by atoms with Gasteiger partial charge in [-0.05, 0) is 31.9 Å². The first kappa shape index (κ1) is 17.7. The number of aryl methyl sites for hydroxylation is 3. The van der Waals surface area contributed by atoms with Gasteiger partial charge in [0.15, 0.2) is 0 Å². The van der Waals surface area contributed by atoms with Crippen LogP contribution in [0.3, 0.4) is 0 Å². The van der Waals surface area contributed by atoms with Crippen molar-refractivity contribution in [3.8, 4) is 0 Å². The summed E-state index contributed by atoms with van der Waals surface area (Å²) in [5.41, 5.74) is 3.97. The second-order valence-corrected chi connectivity index (χ2v) is 6.20. The molecule has 2 rings (SSSR count). The van der Waals surface area contributed by atoms with Gasteiger partial charge in [-0.3, -0.25) is 4.79 Å². The van der Waals surface area contributed by atoms with Gasteiger partial charge in [0.2, 0.25) is 6.10 Å². The lowest BCUT2D eigenvalue weighted by Crippen LogP contribution is -2.31. The van der Waals surface area contributed by atoms with Crippen LogP contribution in [0.4, 0.5) is 0 Å². The molecule has 0 aromatic heterocycles. The quantitative estimate of drug-likeness (QED) is 0.807. The Labute approximate surface area is 143 Å². The first-order valence-electron chi connectivity index (χ1n) is 7.86. The van der Waals surface area contributed by atoms with Crippen LogP contribution in [0, 0.1) is 20.8 Å². The van der Waals surface area contributed by atoms with Crippen molar-refractivity contribution in [2.24, 2.45) is 0 Å². The minimum absolute atomic E-state index is 0.267. The highest BCUT2D eigenvalue weighted by molar-refractivity contribution is 5.95. The van der Waals surface area contributed by atoms with Crippen LogP contribution in [0.1, 0.15) is 38.7 Å². The third-order valence-corrected chi connectivity index (χ3v) is 3.87. The molecule has 126 valence electrons. The van der Waals surface area contributed by atoms with E-state index in [1.807, 2.05) is 51.1 Å². The molecule has 0 saturated carbocycles. The zero-order valence-electron chi connectivity index (χ0n) is 14.8. The van der Waals surface area contributed by atoms with E-state index in [4.69, 9.17) is 4.74 Å². The number of likely N-dealkylation sites (N-methyl/N-ethyl adjacent to an activating group) is 1. The van der Waals surface area contributed by atoms with Crippen LogP contribution in [0.25, 0.3) is 0 Å². The number of rotatable bonds is 4. The van der Waals surface area contributed by atoms with E-state index in [1.165, 1.54) is 4.90 Å². The fraction of sp³-hybridized carbons (Fsp3) is 0.300. The average Bonchev–Trinajstić information content (AvgIpc) is 2.51. The highest BCUT2D eigenvalue weighted by atomic mass is 16.5.